The second kappa shape index (κ2) is 12.5. The summed E-state index contributed by atoms with van der Waals surface area (Å²) in [6, 6.07) is 16.1. The summed E-state index contributed by atoms with van der Waals surface area (Å²) in [5.74, 6) is -2.19. The molecule has 3 aliphatic heterocycles. The molecular formula is C33H35N7O5. The van der Waals surface area contributed by atoms with Crippen LogP contribution in [0, 0.1) is 0 Å². The lowest BCUT2D eigenvalue weighted by atomic mass is 10.0. The fraction of sp³-hybridized carbons (Fsp3) is 0.333. The maximum Gasteiger partial charge on any atom is 0.271 e. The summed E-state index contributed by atoms with van der Waals surface area (Å²) in [6.45, 7) is 4.83. The second-order valence-corrected chi connectivity index (χ2v) is 11.7. The van der Waals surface area contributed by atoms with E-state index in [1.807, 2.05) is 18.2 Å². The first-order chi connectivity index (χ1) is 21.7. The number of hydrogen-bond donors (Lipinski definition) is 2. The summed E-state index contributed by atoms with van der Waals surface area (Å²) in [5, 5.41) is 5.52. The summed E-state index contributed by atoms with van der Waals surface area (Å²) < 4.78 is 0. The molecule has 6 rings (SSSR count). The number of piperidine rings is 1. The maximum atomic E-state index is 13.3. The molecule has 1 atom stereocenters. The molecule has 5 amide bonds. The third kappa shape index (κ3) is 6.14. The van der Waals surface area contributed by atoms with Gasteiger partial charge in [0.15, 0.2) is 0 Å². The summed E-state index contributed by atoms with van der Waals surface area (Å²) in [6.07, 6.45) is 1.96. The van der Waals surface area contributed by atoms with Crippen LogP contribution < -0.4 is 15.5 Å². The number of benzene rings is 2. The molecule has 0 radical (unpaired) electrons. The zero-order chi connectivity index (χ0) is 31.7. The second-order valence-electron chi connectivity index (χ2n) is 11.7. The molecule has 3 aromatic rings. The summed E-state index contributed by atoms with van der Waals surface area (Å²) in [7, 11) is 3.43. The lowest BCUT2D eigenvalue weighted by Gasteiger charge is -2.36. The van der Waals surface area contributed by atoms with Crippen LogP contribution in [0.1, 0.15) is 55.2 Å². The van der Waals surface area contributed by atoms with Crippen LogP contribution in [-0.4, -0.2) is 95.5 Å². The quantitative estimate of drug-likeness (QED) is 0.368. The topological polar surface area (TPSA) is 135 Å². The number of anilines is 2. The number of imide groups is 2. The van der Waals surface area contributed by atoms with Crippen LogP contribution >= 0.6 is 0 Å². The highest BCUT2D eigenvalue weighted by molar-refractivity contribution is 6.25. The Bertz CT molecular complexity index is 1650. The Morgan fingerprint density at radius 1 is 0.933 bits per heavy atom. The highest BCUT2D eigenvalue weighted by Crippen LogP contribution is 2.32. The number of fused-ring (bicyclic) bond motifs is 1. The van der Waals surface area contributed by atoms with Gasteiger partial charge < -0.3 is 15.1 Å². The SMILES string of the molecule is CN(C)C(=O)c1ccc(N2CCN(Cc3ccc(CNc4cccc5c4C(=O)N(C4CCC(=O)NC4=O)C5=O)cc3)CC2)cn1. The zero-order valence-electron chi connectivity index (χ0n) is 25.3. The minimum atomic E-state index is -0.998. The molecule has 0 spiro atoms. The van der Waals surface area contributed by atoms with Gasteiger partial charge in [-0.2, -0.15) is 0 Å². The monoisotopic (exact) mass is 609 g/mol. The van der Waals surface area contributed by atoms with Gasteiger partial charge >= 0.3 is 0 Å². The summed E-state index contributed by atoms with van der Waals surface area (Å²) in [4.78, 5) is 74.0. The van der Waals surface area contributed by atoms with Crippen LogP contribution in [0.25, 0.3) is 0 Å². The van der Waals surface area contributed by atoms with Crippen LogP contribution in [0.4, 0.5) is 11.4 Å². The number of pyridine rings is 1. The lowest BCUT2D eigenvalue weighted by Crippen LogP contribution is -2.54. The number of aromatic nitrogens is 1. The minimum absolute atomic E-state index is 0.0782. The van der Waals surface area contributed by atoms with Gasteiger partial charge in [0.25, 0.3) is 17.7 Å². The van der Waals surface area contributed by atoms with E-state index >= 15 is 0 Å². The van der Waals surface area contributed by atoms with E-state index in [9.17, 15) is 24.0 Å². The van der Waals surface area contributed by atoms with Crippen molar-refractivity contribution in [3.05, 3.63) is 88.7 Å². The first kappa shape index (κ1) is 29.9. The average molecular weight is 610 g/mol. The fourth-order valence-electron chi connectivity index (χ4n) is 5.97. The number of nitrogens with one attached hydrogen (secondary N) is 2. The molecule has 232 valence electrons. The fourth-order valence-corrected chi connectivity index (χ4v) is 5.97. The Hall–Kier alpha value is -5.10. The Labute approximate surface area is 261 Å². The number of nitrogens with zero attached hydrogens (tertiary/aromatic N) is 5. The summed E-state index contributed by atoms with van der Waals surface area (Å²) in [5.41, 5.74) is 4.69. The Kier molecular flexibility index (Phi) is 8.31. The highest BCUT2D eigenvalue weighted by atomic mass is 16.2. The third-order valence-electron chi connectivity index (χ3n) is 8.49. The first-order valence-electron chi connectivity index (χ1n) is 15.0. The summed E-state index contributed by atoms with van der Waals surface area (Å²) >= 11 is 0. The highest BCUT2D eigenvalue weighted by Gasteiger charge is 2.45. The molecule has 3 aliphatic rings. The molecule has 1 aromatic heterocycles. The largest absolute Gasteiger partial charge is 0.380 e. The molecule has 0 aliphatic carbocycles. The van der Waals surface area contributed by atoms with Crippen molar-refractivity contribution in [3.63, 3.8) is 0 Å². The van der Waals surface area contributed by atoms with Gasteiger partial charge in [-0.05, 0) is 41.8 Å². The molecule has 45 heavy (non-hydrogen) atoms. The number of amides is 5. The molecule has 12 nitrogen and oxygen atoms in total. The molecule has 2 N–H and O–H groups in total. The van der Waals surface area contributed by atoms with Crippen molar-refractivity contribution in [3.8, 4) is 0 Å². The number of rotatable bonds is 8. The van der Waals surface area contributed by atoms with E-state index in [4.69, 9.17) is 0 Å². The Morgan fingerprint density at radius 2 is 1.67 bits per heavy atom. The average Bonchev–Trinajstić information content (AvgIpc) is 3.30. The van der Waals surface area contributed by atoms with Gasteiger partial charge in [0, 0.05) is 65.5 Å². The van der Waals surface area contributed by atoms with Crippen molar-refractivity contribution in [2.45, 2.75) is 32.0 Å². The number of carbonyl (C=O) groups excluding carboxylic acids is 5. The molecular weight excluding hydrogens is 574 g/mol. The number of piperazine rings is 1. The first-order valence-corrected chi connectivity index (χ1v) is 15.0. The van der Waals surface area contributed by atoms with Crippen molar-refractivity contribution < 1.29 is 24.0 Å². The normalized spacial score (nSPS) is 18.6. The van der Waals surface area contributed by atoms with E-state index in [-0.39, 0.29) is 29.9 Å². The van der Waals surface area contributed by atoms with Crippen LogP contribution in [0.2, 0.25) is 0 Å². The predicted octanol–water partition coefficient (Wildman–Crippen LogP) is 2.12. The molecule has 2 fully saturated rings. The van der Waals surface area contributed by atoms with Gasteiger partial charge in [0.05, 0.1) is 23.0 Å². The smallest absolute Gasteiger partial charge is 0.271 e. The Balaban J connectivity index is 1.02. The van der Waals surface area contributed by atoms with Crippen molar-refractivity contribution in [1.29, 1.82) is 0 Å². The van der Waals surface area contributed by atoms with Crippen LogP contribution in [0.5, 0.6) is 0 Å². The molecule has 2 aromatic carbocycles. The van der Waals surface area contributed by atoms with E-state index in [1.54, 1.807) is 44.6 Å². The van der Waals surface area contributed by atoms with Crippen molar-refractivity contribution in [1.82, 2.24) is 25.0 Å². The predicted molar refractivity (Wildman–Crippen MR) is 167 cm³/mol. The van der Waals surface area contributed by atoms with E-state index in [1.165, 1.54) is 10.5 Å². The van der Waals surface area contributed by atoms with Crippen LogP contribution in [0.3, 0.4) is 0 Å². The van der Waals surface area contributed by atoms with Crippen LogP contribution in [0.15, 0.2) is 60.8 Å². The molecule has 0 bridgehead atoms. The van der Waals surface area contributed by atoms with Gasteiger partial charge in [0.1, 0.15) is 11.7 Å². The lowest BCUT2D eigenvalue weighted by molar-refractivity contribution is -0.136. The van der Waals surface area contributed by atoms with Crippen molar-refractivity contribution >= 4 is 40.9 Å². The molecule has 1 unspecified atom stereocenters. The maximum absolute atomic E-state index is 13.3. The Morgan fingerprint density at radius 3 is 2.33 bits per heavy atom. The van der Waals surface area contributed by atoms with Crippen molar-refractivity contribution in [2.24, 2.45) is 0 Å². The number of carbonyl (C=O) groups is 5. The van der Waals surface area contributed by atoms with Gasteiger partial charge in [-0.1, -0.05) is 30.3 Å². The van der Waals surface area contributed by atoms with E-state index in [2.05, 4.69) is 37.6 Å². The van der Waals surface area contributed by atoms with Gasteiger partial charge in [-0.15, -0.1) is 0 Å². The standard InChI is InChI=1S/C33H35N7O5/c1-37(2)32(44)26-11-10-23(19-35-26)39-16-14-38(15-17-39)20-22-8-6-21(7-9-22)18-34-25-5-3-4-24-29(25)33(45)40(31(24)43)27-12-13-28(41)36-30(27)42/h3-11,19,27,34H,12-18,20H2,1-2H3,(H,36,41,42). The van der Waals surface area contributed by atoms with E-state index in [0.29, 0.717) is 17.9 Å². The van der Waals surface area contributed by atoms with Crippen LogP contribution in [-0.2, 0) is 22.7 Å². The molecule has 2 saturated heterocycles. The zero-order valence-corrected chi connectivity index (χ0v) is 25.3. The van der Waals surface area contributed by atoms with E-state index < -0.39 is 29.7 Å². The van der Waals surface area contributed by atoms with Gasteiger partial charge in [-0.25, -0.2) is 4.98 Å². The molecule has 0 saturated carbocycles. The third-order valence-corrected chi connectivity index (χ3v) is 8.49. The van der Waals surface area contributed by atoms with Gasteiger partial charge in [-0.3, -0.25) is 39.1 Å². The molecule has 4 heterocycles. The van der Waals surface area contributed by atoms with E-state index in [0.717, 1.165) is 48.9 Å². The molecule has 12 heteroatoms. The van der Waals surface area contributed by atoms with Gasteiger partial charge in [0.2, 0.25) is 11.8 Å². The van der Waals surface area contributed by atoms with Crippen molar-refractivity contribution in [2.75, 3.05) is 50.5 Å². The minimum Gasteiger partial charge on any atom is -0.380 e. The number of hydrogen-bond acceptors (Lipinski definition) is 9.